The van der Waals surface area contributed by atoms with Crippen molar-refractivity contribution in [3.8, 4) is 0 Å². The molecule has 10 heteroatoms. The predicted molar refractivity (Wildman–Crippen MR) is 293 cm³/mol. The number of carbonyl (C=O) groups is 2. The minimum atomic E-state index is -4.72. The number of phosphoric ester groups is 1. The Labute approximate surface area is 423 Å². The summed E-state index contributed by atoms with van der Waals surface area (Å²) in [7, 11) is 1.12. The van der Waals surface area contributed by atoms with E-state index in [-0.39, 0.29) is 31.3 Å². The Bertz CT molecular complexity index is 1550. The van der Waals surface area contributed by atoms with Crippen LogP contribution in [0.3, 0.4) is 0 Å². The van der Waals surface area contributed by atoms with Crippen molar-refractivity contribution in [2.24, 2.45) is 0 Å². The Morgan fingerprint density at radius 3 is 1.57 bits per heavy atom. The Morgan fingerprint density at radius 1 is 0.536 bits per heavy atom. The maximum Gasteiger partial charge on any atom is 0.306 e. The van der Waals surface area contributed by atoms with Crippen molar-refractivity contribution in [1.29, 1.82) is 0 Å². The van der Waals surface area contributed by atoms with Gasteiger partial charge in [0.2, 0.25) is 5.91 Å². The summed E-state index contributed by atoms with van der Waals surface area (Å²) in [6.07, 6.45) is 64.9. The van der Waals surface area contributed by atoms with Gasteiger partial charge in [0.25, 0.3) is 7.82 Å². The molecule has 0 saturated heterocycles. The van der Waals surface area contributed by atoms with E-state index in [0.717, 1.165) is 89.9 Å². The maximum absolute atomic E-state index is 13.4. The summed E-state index contributed by atoms with van der Waals surface area (Å²) < 4.78 is 30.1. The number of carbonyl (C=O) groups excluding carboxylic acids is 2. The van der Waals surface area contributed by atoms with Crippen LogP contribution in [0.5, 0.6) is 0 Å². The summed E-state index contributed by atoms with van der Waals surface area (Å²) in [6.45, 7) is 6.50. The van der Waals surface area contributed by atoms with E-state index in [1.165, 1.54) is 64.2 Å². The van der Waals surface area contributed by atoms with Crippen LogP contribution in [0.2, 0.25) is 0 Å². The van der Waals surface area contributed by atoms with Crippen LogP contribution in [0, 0.1) is 0 Å². The van der Waals surface area contributed by atoms with E-state index in [0.29, 0.717) is 23.9 Å². The molecule has 69 heavy (non-hydrogen) atoms. The number of amides is 1. The van der Waals surface area contributed by atoms with Crippen LogP contribution < -0.4 is 10.2 Å². The molecule has 394 valence electrons. The molecule has 0 aromatic rings. The average molecular weight is 981 g/mol. The zero-order valence-electron chi connectivity index (χ0n) is 44.7. The standard InChI is InChI=1S/C59H101N2O7P/c1-7-10-13-16-19-22-25-27-29-30-32-33-36-39-42-45-48-51-58(62)60-56(55-67-69(64,65)66-54-53-61(4,5)6)57(50-47-44-41-38-35-24-21-18-15-12-9-3)68-59(63)52-49-46-43-40-37-34-31-28-26-23-20-17-14-11-8-2/h10-11,13-14,17,19-20,22-23,26-27,29,32-33,39,42,47,50,56-57H,7-9,12,15-16,18,21,24-25,28,30-31,34-38,40-41,43-46,48-49,51-55H2,1-6H3,(H-,60,62,64,65)/b13-10-,14-11+,20-17+,22-19-,26-23+,29-27-,33-32-,42-39-,50-47+. The molecule has 0 aromatic carbocycles. The van der Waals surface area contributed by atoms with Crippen molar-refractivity contribution >= 4 is 19.7 Å². The van der Waals surface area contributed by atoms with E-state index in [2.05, 4.69) is 123 Å². The number of unbranched alkanes of at least 4 members (excludes halogenated alkanes) is 17. The molecule has 0 aromatic heterocycles. The normalized spacial score (nSPS) is 14.7. The molecular formula is C59H101N2O7P. The van der Waals surface area contributed by atoms with Gasteiger partial charge in [0.15, 0.2) is 0 Å². The highest BCUT2D eigenvalue weighted by Crippen LogP contribution is 2.38. The number of ether oxygens (including phenoxy) is 1. The number of hydrogen-bond donors (Lipinski definition) is 1. The van der Waals surface area contributed by atoms with Crippen LogP contribution >= 0.6 is 7.82 Å². The third-order valence-corrected chi connectivity index (χ3v) is 12.2. The Kier molecular flexibility index (Phi) is 46.0. The monoisotopic (exact) mass is 981 g/mol. The SMILES string of the molecule is CC/C=C\C/C=C\C/C=C\C/C=C\C/C=C\CCCC(=O)NC(COP(=O)([O-])OCC[N+](C)(C)C)C(/C=C/CCCCCCCCCCC)OC(=O)CCCCCCCCC/C=C/C=C/C=C/CC. The van der Waals surface area contributed by atoms with E-state index < -0.39 is 26.6 Å². The van der Waals surface area contributed by atoms with Gasteiger partial charge in [0.05, 0.1) is 33.8 Å². The summed E-state index contributed by atoms with van der Waals surface area (Å²) in [4.78, 5) is 39.7. The highest BCUT2D eigenvalue weighted by molar-refractivity contribution is 7.45. The molecule has 0 aliphatic heterocycles. The zero-order valence-corrected chi connectivity index (χ0v) is 45.6. The van der Waals surface area contributed by atoms with E-state index in [4.69, 9.17) is 13.8 Å². The molecule has 0 heterocycles. The molecule has 0 aliphatic rings. The second-order valence-electron chi connectivity index (χ2n) is 19.0. The van der Waals surface area contributed by atoms with E-state index in [1.54, 1.807) is 6.08 Å². The van der Waals surface area contributed by atoms with Gasteiger partial charge in [-0.15, -0.1) is 0 Å². The lowest BCUT2D eigenvalue weighted by Gasteiger charge is -2.30. The fourth-order valence-corrected chi connectivity index (χ4v) is 7.81. The van der Waals surface area contributed by atoms with Crippen molar-refractivity contribution < 1.29 is 37.3 Å². The van der Waals surface area contributed by atoms with Crippen LogP contribution in [-0.4, -0.2) is 69.4 Å². The summed E-state index contributed by atoms with van der Waals surface area (Å²) in [5.41, 5.74) is 0. The van der Waals surface area contributed by atoms with Crippen molar-refractivity contribution in [3.05, 3.63) is 109 Å². The molecule has 0 bridgehead atoms. The van der Waals surface area contributed by atoms with Crippen LogP contribution in [0.15, 0.2) is 109 Å². The quantitative estimate of drug-likeness (QED) is 0.0161. The minimum Gasteiger partial charge on any atom is -0.756 e. The van der Waals surface area contributed by atoms with Crippen molar-refractivity contribution in [2.45, 2.75) is 213 Å². The molecule has 9 nitrogen and oxygen atoms in total. The minimum absolute atomic E-state index is 0.0409. The third kappa shape index (κ3) is 49.4. The lowest BCUT2D eigenvalue weighted by Crippen LogP contribution is -2.47. The number of phosphoric acid groups is 1. The fraction of sp³-hybridized carbons (Fsp3) is 0.661. The van der Waals surface area contributed by atoms with Gasteiger partial charge in [-0.1, -0.05) is 208 Å². The fourth-order valence-electron chi connectivity index (χ4n) is 7.08. The number of rotatable bonds is 47. The summed E-state index contributed by atoms with van der Waals surface area (Å²) in [6, 6.07) is -0.928. The predicted octanol–water partition coefficient (Wildman–Crippen LogP) is 15.6. The number of hydrogen-bond acceptors (Lipinski definition) is 7. The summed E-state index contributed by atoms with van der Waals surface area (Å²) in [5.74, 6) is -0.635. The molecule has 1 N–H and O–H groups in total. The topological polar surface area (TPSA) is 114 Å². The van der Waals surface area contributed by atoms with Gasteiger partial charge in [0.1, 0.15) is 19.3 Å². The van der Waals surface area contributed by atoms with Crippen LogP contribution in [0.25, 0.3) is 0 Å². The van der Waals surface area contributed by atoms with Crippen molar-refractivity contribution in [1.82, 2.24) is 5.32 Å². The van der Waals surface area contributed by atoms with Crippen LogP contribution in [0.1, 0.15) is 201 Å². The second-order valence-corrected chi connectivity index (χ2v) is 20.4. The number of allylic oxidation sites excluding steroid dienone is 17. The Hall–Kier alpha value is -3.33. The van der Waals surface area contributed by atoms with E-state index in [1.807, 2.05) is 27.2 Å². The van der Waals surface area contributed by atoms with Crippen molar-refractivity contribution in [2.75, 3.05) is 40.9 Å². The highest BCUT2D eigenvalue weighted by Gasteiger charge is 2.27. The largest absolute Gasteiger partial charge is 0.756 e. The first-order chi connectivity index (χ1) is 33.4. The van der Waals surface area contributed by atoms with Gasteiger partial charge in [-0.25, -0.2) is 0 Å². The molecule has 0 rings (SSSR count). The molecule has 0 fully saturated rings. The molecular weight excluding hydrogens is 880 g/mol. The molecule has 0 radical (unpaired) electrons. The van der Waals surface area contributed by atoms with Gasteiger partial charge in [-0.2, -0.15) is 0 Å². The number of nitrogens with zero attached hydrogens (tertiary/aromatic N) is 1. The summed E-state index contributed by atoms with van der Waals surface area (Å²) in [5, 5.41) is 2.97. The third-order valence-electron chi connectivity index (χ3n) is 11.3. The van der Waals surface area contributed by atoms with Crippen molar-refractivity contribution in [3.63, 3.8) is 0 Å². The van der Waals surface area contributed by atoms with Gasteiger partial charge < -0.3 is 28.5 Å². The molecule has 3 atom stereocenters. The van der Waals surface area contributed by atoms with Gasteiger partial charge in [0, 0.05) is 12.8 Å². The molecule has 0 saturated carbocycles. The van der Waals surface area contributed by atoms with Crippen LogP contribution in [0.4, 0.5) is 0 Å². The zero-order chi connectivity index (χ0) is 50.8. The van der Waals surface area contributed by atoms with E-state index >= 15 is 0 Å². The number of likely N-dealkylation sites (N-methyl/N-ethyl adjacent to an activating group) is 1. The maximum atomic E-state index is 13.4. The van der Waals surface area contributed by atoms with Gasteiger partial charge >= 0.3 is 5.97 Å². The molecule has 1 amide bonds. The molecule has 0 spiro atoms. The smallest absolute Gasteiger partial charge is 0.306 e. The first kappa shape index (κ1) is 65.7. The summed E-state index contributed by atoms with van der Waals surface area (Å²) >= 11 is 0. The number of quaternary nitrogens is 1. The van der Waals surface area contributed by atoms with Gasteiger partial charge in [-0.05, 0) is 89.5 Å². The Balaban J connectivity index is 5.49. The van der Waals surface area contributed by atoms with Gasteiger partial charge in [-0.3, -0.25) is 14.2 Å². The number of esters is 1. The first-order valence-electron chi connectivity index (χ1n) is 27.2. The lowest BCUT2D eigenvalue weighted by molar-refractivity contribution is -0.870. The van der Waals surface area contributed by atoms with E-state index in [9.17, 15) is 19.0 Å². The lowest BCUT2D eigenvalue weighted by atomic mass is 10.1. The number of nitrogens with one attached hydrogen (secondary N) is 1. The first-order valence-corrected chi connectivity index (χ1v) is 28.7. The van der Waals surface area contributed by atoms with Crippen LogP contribution in [-0.2, 0) is 27.9 Å². The molecule has 3 unspecified atom stereocenters. The second kappa shape index (κ2) is 48.3. The average Bonchev–Trinajstić information content (AvgIpc) is 3.31. The molecule has 0 aliphatic carbocycles. The Morgan fingerprint density at radius 2 is 1.01 bits per heavy atom. The highest BCUT2D eigenvalue weighted by atomic mass is 31.2.